The van der Waals surface area contributed by atoms with Crippen LogP contribution >= 0.6 is 0 Å². The van der Waals surface area contributed by atoms with E-state index in [1.807, 2.05) is 0 Å². The molecule has 2 aromatic heterocycles. The molecule has 13 nitrogen and oxygen atoms in total. The minimum atomic E-state index is -0.741. The van der Waals surface area contributed by atoms with Crippen LogP contribution < -0.4 is 10.9 Å². The molecule has 29 heavy (non-hydrogen) atoms. The standard InChI is InChI=1S/C16H14N8O5/c1-9-6-10(2)22(21-9)15-13(24(28)29)14(17-8-18-15)19-20-16(25)11-4-3-5-12(7-11)23(26)27/h3-8H,1-2H3,(H,20,25)(H,17,18,19). The number of aryl methyl sites for hydroxylation is 2. The summed E-state index contributed by atoms with van der Waals surface area (Å²) in [5, 5.41) is 26.6. The molecule has 0 spiro atoms. The SMILES string of the molecule is Cc1cc(C)n(-c2ncnc(NNC(=O)c3cccc([N+](=O)[O-])c3)c2[N+](=O)[O-])n1. The number of nitrogens with one attached hydrogen (secondary N) is 2. The maximum atomic E-state index is 12.3. The zero-order chi connectivity index (χ0) is 21.1. The predicted molar refractivity (Wildman–Crippen MR) is 99.5 cm³/mol. The first-order valence-electron chi connectivity index (χ1n) is 8.11. The smallest absolute Gasteiger partial charge is 0.276 e. The van der Waals surface area contributed by atoms with Crippen LogP contribution in [0.2, 0.25) is 0 Å². The number of nitro benzene ring substituents is 1. The van der Waals surface area contributed by atoms with Gasteiger partial charge in [0.2, 0.25) is 11.6 Å². The molecule has 3 rings (SSSR count). The van der Waals surface area contributed by atoms with Crippen molar-refractivity contribution in [2.45, 2.75) is 13.8 Å². The lowest BCUT2D eigenvalue weighted by Crippen LogP contribution is -2.30. The van der Waals surface area contributed by atoms with E-state index in [1.54, 1.807) is 19.9 Å². The maximum Gasteiger partial charge on any atom is 0.357 e. The highest BCUT2D eigenvalue weighted by molar-refractivity contribution is 5.95. The third-order valence-corrected chi connectivity index (χ3v) is 3.81. The van der Waals surface area contributed by atoms with E-state index in [0.717, 1.165) is 12.4 Å². The van der Waals surface area contributed by atoms with Crippen LogP contribution in [0.25, 0.3) is 5.82 Å². The fraction of sp³-hybridized carbons (Fsp3) is 0.125. The summed E-state index contributed by atoms with van der Waals surface area (Å²) >= 11 is 0. The summed E-state index contributed by atoms with van der Waals surface area (Å²) in [5.41, 5.74) is 5.10. The number of hydrogen-bond donors (Lipinski definition) is 2. The Morgan fingerprint density at radius 1 is 1.10 bits per heavy atom. The molecular weight excluding hydrogens is 384 g/mol. The summed E-state index contributed by atoms with van der Waals surface area (Å²) in [6.07, 6.45) is 1.08. The fourth-order valence-corrected chi connectivity index (χ4v) is 2.58. The normalized spacial score (nSPS) is 10.4. The van der Waals surface area contributed by atoms with E-state index in [0.29, 0.717) is 11.4 Å². The highest BCUT2D eigenvalue weighted by Gasteiger charge is 2.26. The van der Waals surface area contributed by atoms with E-state index in [2.05, 4.69) is 25.9 Å². The largest absolute Gasteiger partial charge is 0.357 e. The molecule has 13 heteroatoms. The second kappa shape index (κ2) is 7.67. The minimum Gasteiger partial charge on any atom is -0.276 e. The van der Waals surface area contributed by atoms with E-state index in [-0.39, 0.29) is 22.9 Å². The van der Waals surface area contributed by atoms with Crippen molar-refractivity contribution in [3.05, 3.63) is 73.8 Å². The first kappa shape index (κ1) is 19.3. The molecule has 0 atom stereocenters. The number of non-ortho nitro benzene ring substituents is 1. The van der Waals surface area contributed by atoms with Crippen molar-refractivity contribution in [2.24, 2.45) is 0 Å². The van der Waals surface area contributed by atoms with Crippen LogP contribution in [0, 0.1) is 34.1 Å². The number of rotatable bonds is 6. The summed E-state index contributed by atoms with van der Waals surface area (Å²) in [4.78, 5) is 41.1. The maximum absolute atomic E-state index is 12.3. The lowest BCUT2D eigenvalue weighted by atomic mass is 10.2. The number of carbonyl (C=O) groups excluding carboxylic acids is 1. The molecule has 0 fully saturated rings. The second-order valence-corrected chi connectivity index (χ2v) is 5.88. The van der Waals surface area contributed by atoms with Gasteiger partial charge in [-0.3, -0.25) is 35.9 Å². The monoisotopic (exact) mass is 398 g/mol. The molecular formula is C16H14N8O5. The van der Waals surface area contributed by atoms with Gasteiger partial charge in [-0.25, -0.2) is 14.6 Å². The van der Waals surface area contributed by atoms with E-state index in [9.17, 15) is 25.0 Å². The minimum absolute atomic E-state index is 0.0119. The Kier molecular flexibility index (Phi) is 5.12. The van der Waals surface area contributed by atoms with E-state index in [4.69, 9.17) is 0 Å². The number of benzene rings is 1. The molecule has 0 radical (unpaired) electrons. The number of nitrogens with zero attached hydrogens (tertiary/aromatic N) is 6. The zero-order valence-corrected chi connectivity index (χ0v) is 15.2. The molecule has 0 saturated carbocycles. The first-order chi connectivity index (χ1) is 13.8. The number of aromatic nitrogens is 4. The number of hydrogen-bond acceptors (Lipinski definition) is 9. The lowest BCUT2D eigenvalue weighted by molar-refractivity contribution is -0.384. The van der Waals surface area contributed by atoms with Gasteiger partial charge in [-0.05, 0) is 26.0 Å². The van der Waals surface area contributed by atoms with Crippen LogP contribution in [-0.2, 0) is 0 Å². The van der Waals surface area contributed by atoms with Crippen molar-refractivity contribution in [1.82, 2.24) is 25.2 Å². The fourth-order valence-electron chi connectivity index (χ4n) is 2.58. The van der Waals surface area contributed by atoms with E-state index < -0.39 is 21.4 Å². The Balaban J connectivity index is 1.90. The van der Waals surface area contributed by atoms with Gasteiger partial charge in [-0.2, -0.15) is 5.10 Å². The van der Waals surface area contributed by atoms with Crippen LogP contribution in [0.1, 0.15) is 21.7 Å². The average Bonchev–Trinajstić information content (AvgIpc) is 3.03. The molecule has 0 aliphatic rings. The van der Waals surface area contributed by atoms with Gasteiger partial charge < -0.3 is 0 Å². The quantitative estimate of drug-likeness (QED) is 0.464. The highest BCUT2D eigenvalue weighted by atomic mass is 16.6. The number of amides is 1. The Morgan fingerprint density at radius 2 is 1.86 bits per heavy atom. The van der Waals surface area contributed by atoms with Crippen LogP contribution in [0.15, 0.2) is 36.7 Å². The number of nitro groups is 2. The van der Waals surface area contributed by atoms with Gasteiger partial charge >= 0.3 is 5.69 Å². The molecule has 0 saturated heterocycles. The van der Waals surface area contributed by atoms with Crippen molar-refractivity contribution in [2.75, 3.05) is 5.43 Å². The third-order valence-electron chi connectivity index (χ3n) is 3.81. The third kappa shape index (κ3) is 3.97. The van der Waals surface area contributed by atoms with Gasteiger partial charge in [0.1, 0.15) is 6.33 Å². The van der Waals surface area contributed by atoms with Crippen molar-refractivity contribution >= 4 is 23.1 Å². The predicted octanol–water partition coefficient (Wildman–Crippen LogP) is 1.85. The van der Waals surface area contributed by atoms with Crippen molar-refractivity contribution in [1.29, 1.82) is 0 Å². The number of anilines is 1. The molecule has 3 aromatic rings. The lowest BCUT2D eigenvalue weighted by Gasteiger charge is -2.10. The Bertz CT molecular complexity index is 1130. The number of hydrazine groups is 1. The van der Waals surface area contributed by atoms with Crippen molar-refractivity contribution in [3.63, 3.8) is 0 Å². The van der Waals surface area contributed by atoms with Crippen LogP contribution in [0.5, 0.6) is 0 Å². The first-order valence-corrected chi connectivity index (χ1v) is 8.11. The van der Waals surface area contributed by atoms with Gasteiger partial charge in [-0.15, -0.1) is 0 Å². The summed E-state index contributed by atoms with van der Waals surface area (Å²) in [5.74, 6) is -1.09. The topological polar surface area (TPSA) is 171 Å². The van der Waals surface area contributed by atoms with Gasteiger partial charge in [-0.1, -0.05) is 6.07 Å². The molecule has 2 heterocycles. The summed E-state index contributed by atoms with van der Waals surface area (Å²) in [6, 6.07) is 6.75. The number of carbonyl (C=O) groups is 1. The second-order valence-electron chi connectivity index (χ2n) is 5.88. The summed E-state index contributed by atoms with van der Waals surface area (Å²) in [6.45, 7) is 3.44. The molecule has 0 aliphatic carbocycles. The summed E-state index contributed by atoms with van der Waals surface area (Å²) < 4.78 is 1.29. The Hall–Kier alpha value is -4.42. The van der Waals surface area contributed by atoms with Gasteiger partial charge in [0, 0.05) is 23.4 Å². The van der Waals surface area contributed by atoms with Crippen molar-refractivity contribution in [3.8, 4) is 5.82 Å². The molecule has 1 amide bonds. The van der Waals surface area contributed by atoms with Crippen molar-refractivity contribution < 1.29 is 14.6 Å². The molecule has 1 aromatic carbocycles. The van der Waals surface area contributed by atoms with Gasteiger partial charge in [0.05, 0.1) is 15.5 Å². The molecule has 0 aliphatic heterocycles. The average molecular weight is 398 g/mol. The Labute approximate surface area is 162 Å². The zero-order valence-electron chi connectivity index (χ0n) is 15.2. The molecule has 0 bridgehead atoms. The van der Waals surface area contributed by atoms with Crippen LogP contribution in [0.4, 0.5) is 17.2 Å². The molecule has 0 unspecified atom stereocenters. The van der Waals surface area contributed by atoms with Gasteiger partial charge in [0.25, 0.3) is 11.6 Å². The molecule has 2 N–H and O–H groups in total. The van der Waals surface area contributed by atoms with E-state index in [1.165, 1.54) is 22.9 Å². The van der Waals surface area contributed by atoms with Crippen LogP contribution in [-0.4, -0.2) is 35.5 Å². The Morgan fingerprint density at radius 3 is 2.48 bits per heavy atom. The highest BCUT2D eigenvalue weighted by Crippen LogP contribution is 2.28. The van der Waals surface area contributed by atoms with Crippen LogP contribution in [0.3, 0.4) is 0 Å². The molecule has 148 valence electrons. The van der Waals surface area contributed by atoms with Gasteiger partial charge in [0.15, 0.2) is 0 Å². The van der Waals surface area contributed by atoms with E-state index >= 15 is 0 Å². The summed E-state index contributed by atoms with van der Waals surface area (Å²) in [7, 11) is 0.